The molecule has 0 unspecified atom stereocenters. The molecule has 0 atom stereocenters. The zero-order valence-electron chi connectivity index (χ0n) is 16.6. The fourth-order valence-electron chi connectivity index (χ4n) is 4.30. The van der Waals surface area contributed by atoms with Crippen molar-refractivity contribution >= 4 is 15.9 Å². The first-order valence-electron chi connectivity index (χ1n) is 9.94. The normalized spacial score (nSPS) is 19.8. The number of nitrogens with one attached hydrogen (secondary N) is 1. The number of rotatable bonds is 5. The van der Waals surface area contributed by atoms with Crippen LogP contribution in [0.15, 0.2) is 23.1 Å². The van der Waals surface area contributed by atoms with Crippen molar-refractivity contribution in [3.8, 4) is 0 Å². The summed E-state index contributed by atoms with van der Waals surface area (Å²) in [4.78, 5) is 15.1. The van der Waals surface area contributed by atoms with Gasteiger partial charge in [-0.05, 0) is 55.8 Å². The lowest BCUT2D eigenvalue weighted by Gasteiger charge is -2.39. The zero-order chi connectivity index (χ0) is 19.7. The van der Waals surface area contributed by atoms with Crippen LogP contribution in [0.25, 0.3) is 0 Å². The molecule has 1 spiro atoms. The third kappa shape index (κ3) is 3.91. The number of amides is 1. The van der Waals surface area contributed by atoms with Crippen LogP contribution in [0.2, 0.25) is 0 Å². The maximum Gasteiger partial charge on any atom is 0.253 e. The van der Waals surface area contributed by atoms with Gasteiger partial charge in [0.15, 0.2) is 0 Å². The molecule has 1 N–H and O–H groups in total. The van der Waals surface area contributed by atoms with Crippen molar-refractivity contribution < 1.29 is 13.2 Å². The molecule has 0 bridgehead atoms. The van der Waals surface area contributed by atoms with Crippen LogP contribution in [-0.4, -0.2) is 62.8 Å². The minimum atomic E-state index is -3.58. The number of likely N-dealkylation sites (tertiary alicyclic amines) is 1. The summed E-state index contributed by atoms with van der Waals surface area (Å²) in [6, 6.07) is 5.06. The predicted octanol–water partition coefficient (Wildman–Crippen LogP) is 2.24. The van der Waals surface area contributed by atoms with Gasteiger partial charge in [0, 0.05) is 38.3 Å². The second-order valence-corrected chi connectivity index (χ2v) is 9.69. The number of piperidine rings is 1. The quantitative estimate of drug-likeness (QED) is 0.833. The van der Waals surface area contributed by atoms with E-state index in [1.807, 2.05) is 18.7 Å². The first-order chi connectivity index (χ1) is 12.8. The number of aryl methyl sites for hydroxylation is 1. The van der Waals surface area contributed by atoms with E-state index in [-0.39, 0.29) is 10.8 Å². The largest absolute Gasteiger partial charge is 0.339 e. The summed E-state index contributed by atoms with van der Waals surface area (Å²) in [6.07, 6.45) is 3.22. The van der Waals surface area contributed by atoms with Crippen LogP contribution in [0.5, 0.6) is 0 Å². The van der Waals surface area contributed by atoms with E-state index in [4.69, 9.17) is 0 Å². The van der Waals surface area contributed by atoms with Gasteiger partial charge in [-0.15, -0.1) is 0 Å². The summed E-state index contributed by atoms with van der Waals surface area (Å²) in [5.41, 5.74) is 1.49. The lowest BCUT2D eigenvalue weighted by Crippen LogP contribution is -2.44. The average Bonchev–Trinajstić information content (AvgIpc) is 3.11. The Morgan fingerprint density at radius 2 is 1.85 bits per heavy atom. The molecular weight excluding hydrogens is 362 g/mol. The molecule has 2 fully saturated rings. The fraction of sp³-hybridized carbons (Fsp3) is 0.650. The standard InChI is InChI=1S/C20H31N3O3S/c1-4-23(5-2)27(25,26)18-14-17(7-6-16(18)3)19(24)22-12-9-20(10-13-22)8-11-21-15-20/h6-7,14,21H,4-5,8-13,15H2,1-3H3. The number of hydrogen-bond acceptors (Lipinski definition) is 4. The lowest BCUT2D eigenvalue weighted by molar-refractivity contribution is 0.0607. The number of sulfonamides is 1. The number of hydrogen-bond donors (Lipinski definition) is 1. The molecule has 1 amide bonds. The summed E-state index contributed by atoms with van der Waals surface area (Å²) in [5.74, 6) is -0.0631. The molecule has 0 radical (unpaired) electrons. The van der Waals surface area contributed by atoms with Gasteiger partial charge >= 0.3 is 0 Å². The Hall–Kier alpha value is -1.44. The zero-order valence-corrected chi connectivity index (χ0v) is 17.4. The molecule has 27 heavy (non-hydrogen) atoms. The molecule has 2 heterocycles. The average molecular weight is 394 g/mol. The lowest BCUT2D eigenvalue weighted by atomic mass is 9.78. The van der Waals surface area contributed by atoms with Crippen LogP contribution in [0, 0.1) is 12.3 Å². The van der Waals surface area contributed by atoms with E-state index in [2.05, 4.69) is 5.32 Å². The van der Waals surface area contributed by atoms with Crippen LogP contribution in [0.1, 0.15) is 49.0 Å². The third-order valence-electron chi connectivity index (χ3n) is 6.20. The Labute approximate surface area is 163 Å². The highest BCUT2D eigenvalue weighted by Gasteiger charge is 2.38. The van der Waals surface area contributed by atoms with Crippen LogP contribution in [0.3, 0.4) is 0 Å². The number of carbonyl (C=O) groups is 1. The molecule has 0 aromatic heterocycles. The van der Waals surface area contributed by atoms with Crippen molar-refractivity contribution in [2.45, 2.75) is 44.9 Å². The second-order valence-electron chi connectivity index (χ2n) is 7.79. The molecule has 150 valence electrons. The van der Waals surface area contributed by atoms with Crippen molar-refractivity contribution in [1.29, 1.82) is 0 Å². The van der Waals surface area contributed by atoms with E-state index in [0.717, 1.165) is 39.0 Å². The molecule has 1 aromatic rings. The summed E-state index contributed by atoms with van der Waals surface area (Å²) in [5, 5.41) is 3.44. The monoisotopic (exact) mass is 393 g/mol. The van der Waals surface area contributed by atoms with E-state index in [1.54, 1.807) is 25.1 Å². The van der Waals surface area contributed by atoms with Gasteiger partial charge < -0.3 is 10.2 Å². The Kier molecular flexibility index (Phi) is 5.93. The Morgan fingerprint density at radius 3 is 2.41 bits per heavy atom. The Balaban J connectivity index is 1.80. The van der Waals surface area contributed by atoms with Crippen molar-refractivity contribution in [1.82, 2.24) is 14.5 Å². The first kappa shape index (κ1) is 20.3. The van der Waals surface area contributed by atoms with Gasteiger partial charge in [0.2, 0.25) is 10.0 Å². The summed E-state index contributed by atoms with van der Waals surface area (Å²) in [7, 11) is -3.58. The molecule has 2 aliphatic rings. The van der Waals surface area contributed by atoms with Crippen molar-refractivity contribution in [2.75, 3.05) is 39.3 Å². The van der Waals surface area contributed by atoms with E-state index in [0.29, 0.717) is 29.6 Å². The minimum Gasteiger partial charge on any atom is -0.339 e. The van der Waals surface area contributed by atoms with Crippen molar-refractivity contribution in [2.24, 2.45) is 5.41 Å². The SMILES string of the molecule is CCN(CC)S(=O)(=O)c1cc(C(=O)N2CCC3(CCNC3)CC2)ccc1C. The van der Waals surface area contributed by atoms with Gasteiger partial charge in [-0.1, -0.05) is 19.9 Å². The molecule has 2 aliphatic heterocycles. The van der Waals surface area contributed by atoms with Crippen LogP contribution >= 0.6 is 0 Å². The minimum absolute atomic E-state index is 0.0631. The van der Waals surface area contributed by atoms with Crippen molar-refractivity contribution in [3.63, 3.8) is 0 Å². The molecule has 7 heteroatoms. The number of nitrogens with zero attached hydrogens (tertiary/aromatic N) is 2. The molecule has 6 nitrogen and oxygen atoms in total. The van der Waals surface area contributed by atoms with Gasteiger partial charge in [-0.3, -0.25) is 4.79 Å². The fourth-order valence-corrected chi connectivity index (χ4v) is 6.01. The maximum absolute atomic E-state index is 13.0. The Bertz CT molecular complexity index is 787. The van der Waals surface area contributed by atoms with Gasteiger partial charge in [0.25, 0.3) is 5.91 Å². The number of benzene rings is 1. The third-order valence-corrected chi connectivity index (χ3v) is 8.39. The van der Waals surface area contributed by atoms with E-state index >= 15 is 0 Å². The van der Waals surface area contributed by atoms with E-state index in [1.165, 1.54) is 10.7 Å². The first-order valence-corrected chi connectivity index (χ1v) is 11.4. The van der Waals surface area contributed by atoms with Crippen LogP contribution in [-0.2, 0) is 10.0 Å². The highest BCUT2D eigenvalue weighted by Crippen LogP contribution is 2.37. The molecule has 3 rings (SSSR count). The summed E-state index contributed by atoms with van der Waals surface area (Å²) in [6.45, 7) is 9.86. The molecule has 2 saturated heterocycles. The molecule has 0 aliphatic carbocycles. The van der Waals surface area contributed by atoms with Crippen LogP contribution in [0.4, 0.5) is 0 Å². The smallest absolute Gasteiger partial charge is 0.253 e. The maximum atomic E-state index is 13.0. The van der Waals surface area contributed by atoms with Gasteiger partial charge in [-0.25, -0.2) is 8.42 Å². The molecule has 1 aromatic carbocycles. The number of carbonyl (C=O) groups excluding carboxylic acids is 1. The van der Waals surface area contributed by atoms with Gasteiger partial charge in [-0.2, -0.15) is 4.31 Å². The van der Waals surface area contributed by atoms with Gasteiger partial charge in [0.1, 0.15) is 0 Å². The van der Waals surface area contributed by atoms with Crippen molar-refractivity contribution in [3.05, 3.63) is 29.3 Å². The molecular formula is C20H31N3O3S. The predicted molar refractivity (Wildman–Crippen MR) is 106 cm³/mol. The summed E-state index contributed by atoms with van der Waals surface area (Å²) < 4.78 is 27.3. The highest BCUT2D eigenvalue weighted by atomic mass is 32.2. The van der Waals surface area contributed by atoms with E-state index < -0.39 is 10.0 Å². The molecule has 0 saturated carbocycles. The second kappa shape index (κ2) is 7.89. The topological polar surface area (TPSA) is 69.7 Å². The Morgan fingerprint density at radius 1 is 1.19 bits per heavy atom. The van der Waals surface area contributed by atoms with E-state index in [9.17, 15) is 13.2 Å². The highest BCUT2D eigenvalue weighted by molar-refractivity contribution is 7.89. The summed E-state index contributed by atoms with van der Waals surface area (Å²) >= 11 is 0. The van der Waals surface area contributed by atoms with Crippen LogP contribution < -0.4 is 5.32 Å². The van der Waals surface area contributed by atoms with Gasteiger partial charge in [0.05, 0.1) is 4.90 Å².